The first-order valence-corrected chi connectivity index (χ1v) is 7.17. The normalized spacial score (nSPS) is 11.9. The Bertz CT molecular complexity index is 620. The zero-order valence-electron chi connectivity index (χ0n) is 9.05. The molecule has 0 unspecified atom stereocenters. The minimum Gasteiger partial charge on any atom is -0.450 e. The largest absolute Gasteiger partial charge is 0.450 e. The van der Waals surface area contributed by atoms with Crippen molar-refractivity contribution >= 4 is 26.0 Å². The number of halogens is 1. The Hall–Kier alpha value is -1.16. The SMILES string of the molecule is O=S(=O)(NCc1ncc[nH]1)c1cc(CO)oc1Br. The van der Waals surface area contributed by atoms with Gasteiger partial charge in [-0.15, -0.1) is 0 Å². The van der Waals surface area contributed by atoms with Crippen LogP contribution in [0.15, 0.2) is 32.4 Å². The van der Waals surface area contributed by atoms with E-state index in [1.165, 1.54) is 12.3 Å². The monoisotopic (exact) mass is 335 g/mol. The van der Waals surface area contributed by atoms with Gasteiger partial charge in [0.15, 0.2) is 4.67 Å². The van der Waals surface area contributed by atoms with Crippen molar-refractivity contribution in [3.05, 3.63) is 34.7 Å². The fourth-order valence-electron chi connectivity index (χ4n) is 1.29. The molecule has 2 aromatic heterocycles. The van der Waals surface area contributed by atoms with Crippen molar-refractivity contribution < 1.29 is 17.9 Å². The Morgan fingerprint density at radius 2 is 2.33 bits per heavy atom. The first-order chi connectivity index (χ1) is 8.53. The minimum absolute atomic E-state index is 0.0431. The van der Waals surface area contributed by atoms with Crippen LogP contribution in [0, 0.1) is 0 Å². The van der Waals surface area contributed by atoms with Crippen molar-refractivity contribution in [2.75, 3.05) is 0 Å². The number of rotatable bonds is 5. The molecule has 2 aromatic rings. The molecule has 3 N–H and O–H groups in total. The second kappa shape index (κ2) is 5.22. The number of aliphatic hydroxyl groups excluding tert-OH is 1. The lowest BCUT2D eigenvalue weighted by Gasteiger charge is -2.02. The van der Waals surface area contributed by atoms with Crippen LogP contribution in [-0.4, -0.2) is 23.5 Å². The predicted octanol–water partition coefficient (Wildman–Crippen LogP) is 0.736. The van der Waals surface area contributed by atoms with Crippen LogP contribution in [-0.2, 0) is 23.2 Å². The lowest BCUT2D eigenvalue weighted by molar-refractivity contribution is 0.245. The molecule has 0 saturated carbocycles. The van der Waals surface area contributed by atoms with Crippen molar-refractivity contribution in [1.29, 1.82) is 0 Å². The van der Waals surface area contributed by atoms with Gasteiger partial charge >= 0.3 is 0 Å². The van der Waals surface area contributed by atoms with Crippen LogP contribution >= 0.6 is 15.9 Å². The third-order valence-electron chi connectivity index (χ3n) is 2.14. The summed E-state index contributed by atoms with van der Waals surface area (Å²) in [6.07, 6.45) is 3.13. The number of imidazole rings is 1. The zero-order chi connectivity index (χ0) is 13.2. The molecule has 0 aliphatic heterocycles. The number of hydrogen-bond donors (Lipinski definition) is 3. The molecular weight excluding hydrogens is 326 g/mol. The van der Waals surface area contributed by atoms with Crippen molar-refractivity contribution in [3.63, 3.8) is 0 Å². The van der Waals surface area contributed by atoms with Gasteiger partial charge in [0, 0.05) is 18.5 Å². The lowest BCUT2D eigenvalue weighted by Crippen LogP contribution is -2.23. The molecule has 0 fully saturated rings. The number of sulfonamides is 1. The van der Waals surface area contributed by atoms with Crippen LogP contribution < -0.4 is 4.72 Å². The summed E-state index contributed by atoms with van der Waals surface area (Å²) in [6.45, 7) is -0.326. The molecule has 0 atom stereocenters. The molecule has 98 valence electrons. The molecule has 0 spiro atoms. The van der Waals surface area contributed by atoms with E-state index in [1.807, 2.05) is 0 Å². The molecular formula is C9H10BrN3O4S. The van der Waals surface area contributed by atoms with Gasteiger partial charge < -0.3 is 14.5 Å². The van der Waals surface area contributed by atoms with E-state index in [4.69, 9.17) is 9.52 Å². The smallest absolute Gasteiger partial charge is 0.245 e. The molecule has 0 amide bonds. The minimum atomic E-state index is -3.72. The van der Waals surface area contributed by atoms with Crippen LogP contribution in [0.25, 0.3) is 0 Å². The van der Waals surface area contributed by atoms with Gasteiger partial charge in [-0.25, -0.2) is 18.1 Å². The summed E-state index contributed by atoms with van der Waals surface area (Å²) >= 11 is 2.99. The Morgan fingerprint density at radius 1 is 1.56 bits per heavy atom. The van der Waals surface area contributed by atoms with Gasteiger partial charge in [0.25, 0.3) is 0 Å². The molecule has 7 nitrogen and oxygen atoms in total. The molecule has 0 saturated heterocycles. The Morgan fingerprint density at radius 3 is 2.89 bits per heavy atom. The molecule has 2 heterocycles. The van der Waals surface area contributed by atoms with Crippen LogP contribution in [0.1, 0.15) is 11.6 Å². The van der Waals surface area contributed by atoms with E-state index in [-0.39, 0.29) is 28.5 Å². The van der Waals surface area contributed by atoms with Crippen molar-refractivity contribution in [3.8, 4) is 0 Å². The standard InChI is InChI=1S/C9H10BrN3O4S/c10-9-7(3-6(5-14)17-9)18(15,16)13-4-8-11-1-2-12-8/h1-3,13-14H,4-5H2,(H,11,12). The Balaban J connectivity index is 2.17. The van der Waals surface area contributed by atoms with Crippen LogP contribution in [0.4, 0.5) is 0 Å². The highest BCUT2D eigenvalue weighted by atomic mass is 79.9. The maximum atomic E-state index is 12.0. The number of aromatic amines is 1. The molecule has 0 aliphatic rings. The number of aromatic nitrogens is 2. The second-order valence-corrected chi connectivity index (χ2v) is 5.82. The van der Waals surface area contributed by atoms with E-state index < -0.39 is 10.0 Å². The highest BCUT2D eigenvalue weighted by molar-refractivity contribution is 9.10. The van der Waals surface area contributed by atoms with Crippen LogP contribution in [0.2, 0.25) is 0 Å². The fraction of sp³-hybridized carbons (Fsp3) is 0.222. The summed E-state index contributed by atoms with van der Waals surface area (Å²) in [5, 5.41) is 8.88. The molecule has 2 rings (SSSR count). The van der Waals surface area contributed by atoms with Crippen molar-refractivity contribution in [1.82, 2.24) is 14.7 Å². The Labute approximate surface area is 111 Å². The third kappa shape index (κ3) is 2.80. The van der Waals surface area contributed by atoms with Gasteiger partial charge in [-0.05, 0) is 15.9 Å². The quantitative estimate of drug-likeness (QED) is 0.746. The first kappa shape index (κ1) is 13.3. The highest BCUT2D eigenvalue weighted by Gasteiger charge is 2.22. The number of nitrogens with zero attached hydrogens (tertiary/aromatic N) is 1. The van der Waals surface area contributed by atoms with Gasteiger partial charge in [-0.2, -0.15) is 0 Å². The number of nitrogens with one attached hydrogen (secondary N) is 2. The lowest BCUT2D eigenvalue weighted by atomic mass is 10.5. The van der Waals surface area contributed by atoms with E-state index in [0.717, 1.165) is 0 Å². The molecule has 0 aromatic carbocycles. The van der Waals surface area contributed by atoms with Gasteiger partial charge in [-0.3, -0.25) is 0 Å². The van der Waals surface area contributed by atoms with Crippen LogP contribution in [0.5, 0.6) is 0 Å². The molecule has 0 bridgehead atoms. The van der Waals surface area contributed by atoms with E-state index in [9.17, 15) is 8.42 Å². The van der Waals surface area contributed by atoms with E-state index in [1.54, 1.807) is 6.20 Å². The summed E-state index contributed by atoms with van der Waals surface area (Å²) < 4.78 is 31.3. The molecule has 9 heteroatoms. The third-order valence-corrected chi connectivity index (χ3v) is 4.39. The summed E-state index contributed by atoms with van der Waals surface area (Å²) in [7, 11) is -3.72. The molecule has 0 aliphatic carbocycles. The van der Waals surface area contributed by atoms with E-state index >= 15 is 0 Å². The van der Waals surface area contributed by atoms with E-state index in [2.05, 4.69) is 30.6 Å². The average Bonchev–Trinajstić information content (AvgIpc) is 2.95. The van der Waals surface area contributed by atoms with Crippen molar-refractivity contribution in [2.45, 2.75) is 18.0 Å². The van der Waals surface area contributed by atoms with Gasteiger partial charge in [0.2, 0.25) is 10.0 Å². The van der Waals surface area contributed by atoms with Crippen molar-refractivity contribution in [2.24, 2.45) is 0 Å². The average molecular weight is 336 g/mol. The maximum absolute atomic E-state index is 12.0. The Kier molecular flexibility index (Phi) is 3.85. The number of hydrogen-bond acceptors (Lipinski definition) is 5. The van der Waals surface area contributed by atoms with E-state index in [0.29, 0.717) is 5.82 Å². The van der Waals surface area contributed by atoms with Gasteiger partial charge in [0.05, 0.1) is 6.54 Å². The zero-order valence-corrected chi connectivity index (χ0v) is 11.5. The number of H-pyrrole nitrogens is 1. The summed E-state index contributed by atoms with van der Waals surface area (Å²) in [5.74, 6) is 0.667. The summed E-state index contributed by atoms with van der Waals surface area (Å²) in [6, 6.07) is 1.26. The predicted molar refractivity (Wildman–Crippen MR) is 64.9 cm³/mol. The number of aliphatic hydroxyl groups is 1. The van der Waals surface area contributed by atoms with Crippen LogP contribution in [0.3, 0.4) is 0 Å². The first-order valence-electron chi connectivity index (χ1n) is 4.90. The topological polar surface area (TPSA) is 108 Å². The number of furan rings is 1. The van der Waals surface area contributed by atoms with Gasteiger partial charge in [0.1, 0.15) is 23.1 Å². The molecule has 0 radical (unpaired) electrons. The fourth-order valence-corrected chi connectivity index (χ4v) is 3.28. The van der Waals surface area contributed by atoms with Gasteiger partial charge in [-0.1, -0.05) is 0 Å². The molecule has 18 heavy (non-hydrogen) atoms. The summed E-state index contributed by atoms with van der Waals surface area (Å²) in [4.78, 5) is 6.62. The highest BCUT2D eigenvalue weighted by Crippen LogP contribution is 2.26. The summed E-state index contributed by atoms with van der Waals surface area (Å²) in [5.41, 5.74) is 0. The maximum Gasteiger partial charge on any atom is 0.245 e. The second-order valence-electron chi connectivity index (χ2n) is 3.37.